The molecule has 8 rings (SSSR count). The summed E-state index contributed by atoms with van der Waals surface area (Å²) in [7, 11) is 0. The van der Waals surface area contributed by atoms with E-state index in [0.717, 1.165) is 9.80 Å². The summed E-state index contributed by atoms with van der Waals surface area (Å²) in [6, 6.07) is 26.5. The van der Waals surface area contributed by atoms with E-state index in [1.54, 1.807) is 12.1 Å². The van der Waals surface area contributed by atoms with E-state index in [2.05, 4.69) is 16.0 Å². The van der Waals surface area contributed by atoms with Crippen LogP contribution in [0.25, 0.3) is 0 Å². The maximum absolute atomic E-state index is 15.9. The molecule has 6 aromatic rings. The molecule has 2 heterocycles. The number of halogens is 6. The molecule has 322 valence electrons. The molecular weight excluding hydrogens is 1040 g/mol. The van der Waals surface area contributed by atoms with Crippen molar-refractivity contribution in [3.63, 3.8) is 0 Å². The predicted molar refractivity (Wildman–Crippen MR) is 252 cm³/mol. The molecule has 0 aromatic heterocycles. The lowest BCUT2D eigenvalue weighted by Gasteiger charge is -2.45. The Morgan fingerprint density at radius 3 is 1.59 bits per heavy atom. The summed E-state index contributed by atoms with van der Waals surface area (Å²) in [6.07, 6.45) is 0. The van der Waals surface area contributed by atoms with Gasteiger partial charge in [0.25, 0.3) is 23.6 Å². The molecule has 4 atom stereocenters. The molecule has 6 aromatic carbocycles. The zero-order valence-electron chi connectivity index (χ0n) is 32.5. The van der Waals surface area contributed by atoms with Gasteiger partial charge in [0.15, 0.2) is 0 Å². The number of carboxylic acids is 1. The molecule has 0 bridgehead atoms. The molecule has 2 aliphatic rings. The molecule has 0 radical (unpaired) electrons. The van der Waals surface area contributed by atoms with E-state index in [4.69, 9.17) is 58.0 Å². The number of nitrogens with one attached hydrogen (secondary N) is 3. The van der Waals surface area contributed by atoms with E-state index < -0.39 is 59.3 Å². The average Bonchev–Trinajstić information content (AvgIpc) is 3.44. The van der Waals surface area contributed by atoms with Gasteiger partial charge in [-0.05, 0) is 124 Å². The van der Waals surface area contributed by atoms with Gasteiger partial charge < -0.3 is 26.0 Å². The van der Waals surface area contributed by atoms with Crippen LogP contribution >= 0.6 is 80.6 Å². The number of aliphatic carboxylic acids is 1. The summed E-state index contributed by atoms with van der Waals surface area (Å²) in [5.41, 5.74) is -2.89. The highest BCUT2D eigenvalue weighted by atomic mass is 127. The quantitative estimate of drug-likeness (QED) is 0.105. The van der Waals surface area contributed by atoms with Gasteiger partial charge in [0, 0.05) is 34.2 Å². The number of benzene rings is 6. The zero-order chi connectivity index (χ0) is 45.6. The highest BCUT2D eigenvalue weighted by Gasteiger charge is 2.57. The molecule has 4 unspecified atom stereocenters. The number of nitrogens with zero attached hydrogens (tertiary/aromatic N) is 2. The van der Waals surface area contributed by atoms with Gasteiger partial charge in [-0.3, -0.25) is 28.9 Å². The predicted octanol–water partition coefficient (Wildman–Crippen LogP) is 10.3. The first kappa shape index (κ1) is 44.9. The van der Waals surface area contributed by atoms with Crippen LogP contribution in [0.1, 0.15) is 61.1 Å². The first-order valence-electron chi connectivity index (χ1n) is 19.0. The minimum atomic E-state index is -3.02. The van der Waals surface area contributed by atoms with Crippen molar-refractivity contribution in [3.05, 3.63) is 196 Å². The first-order chi connectivity index (χ1) is 30.6. The third-order valence-electron chi connectivity index (χ3n) is 10.7. The second-order valence-corrected chi connectivity index (χ2v) is 18.0. The van der Waals surface area contributed by atoms with Crippen molar-refractivity contribution in [2.24, 2.45) is 0 Å². The molecule has 2 aliphatic heterocycles. The van der Waals surface area contributed by atoms with Crippen molar-refractivity contribution in [3.8, 4) is 0 Å². The number of rotatable bonds is 9. The van der Waals surface area contributed by atoms with Gasteiger partial charge in [-0.2, -0.15) is 0 Å². The van der Waals surface area contributed by atoms with Gasteiger partial charge in [-0.15, -0.1) is 0 Å². The lowest BCUT2D eigenvalue weighted by Crippen LogP contribution is -2.67. The van der Waals surface area contributed by atoms with Gasteiger partial charge in [0.05, 0.1) is 22.5 Å². The summed E-state index contributed by atoms with van der Waals surface area (Å²) in [6.45, 7) is 0. The number of anilines is 2. The van der Waals surface area contributed by atoms with Crippen molar-refractivity contribution in [2.45, 2.75) is 23.8 Å². The van der Waals surface area contributed by atoms with Crippen LogP contribution in [0.4, 0.5) is 11.4 Å². The van der Waals surface area contributed by atoms with Crippen molar-refractivity contribution in [1.29, 1.82) is 0 Å². The van der Waals surface area contributed by atoms with Crippen LogP contribution in [0.15, 0.2) is 133 Å². The Bertz CT molecular complexity index is 2890. The van der Waals surface area contributed by atoms with Crippen LogP contribution in [-0.4, -0.2) is 50.4 Å². The molecule has 4 N–H and O–H groups in total. The standard InChI is InChI=1S/C46H29Cl5IN5O7/c47-27-9-1-23(2-10-27)37-40(58)53-36-20-18-32(52)22-34(36)43(61)56(37)38(24-3-11-28(48)12-4-24)42(60)55-46(45(63)64,26-7-15-30(50)16-8-26)57-39(25-5-13-29(49)14-6-25)41(59)54-35-19-17-31(51)21-33(35)44(57)62/h1-22,37-39H,(H,53,58)(H,54,59)(H,55,60)(H,63,64). The highest BCUT2D eigenvalue weighted by Crippen LogP contribution is 2.44. The topological polar surface area (TPSA) is 165 Å². The molecule has 0 aliphatic carbocycles. The van der Waals surface area contributed by atoms with Gasteiger partial charge in [-0.1, -0.05) is 107 Å². The van der Waals surface area contributed by atoms with E-state index in [0.29, 0.717) is 8.59 Å². The van der Waals surface area contributed by atoms with Gasteiger partial charge >= 0.3 is 5.97 Å². The van der Waals surface area contributed by atoms with E-state index in [-0.39, 0.29) is 64.8 Å². The maximum Gasteiger partial charge on any atom is 0.355 e. The number of carbonyl (C=O) groups excluding carboxylic acids is 5. The normalized spacial score (nSPS) is 17.5. The number of carboxylic acid groups (broad SMARTS) is 1. The fraction of sp³-hybridized carbons (Fsp3) is 0.0870. The van der Waals surface area contributed by atoms with Gasteiger partial charge in [-0.25, -0.2) is 4.79 Å². The lowest BCUT2D eigenvalue weighted by atomic mass is 9.90. The number of carbonyl (C=O) groups is 6. The van der Waals surface area contributed by atoms with Crippen LogP contribution in [0.5, 0.6) is 0 Å². The van der Waals surface area contributed by atoms with Gasteiger partial charge in [0.1, 0.15) is 18.1 Å². The molecule has 18 heteroatoms. The lowest BCUT2D eigenvalue weighted by molar-refractivity contribution is -0.160. The Labute approximate surface area is 403 Å². The summed E-state index contributed by atoms with van der Waals surface area (Å²) in [5.74, 6) is -6.48. The number of fused-ring (bicyclic) bond motifs is 2. The highest BCUT2D eigenvalue weighted by molar-refractivity contribution is 14.1. The van der Waals surface area contributed by atoms with Gasteiger partial charge in [0.2, 0.25) is 11.6 Å². The number of amides is 5. The molecule has 0 saturated heterocycles. The van der Waals surface area contributed by atoms with E-state index in [1.165, 1.54) is 121 Å². The zero-order valence-corrected chi connectivity index (χ0v) is 38.4. The van der Waals surface area contributed by atoms with Crippen LogP contribution in [0.2, 0.25) is 25.1 Å². The Morgan fingerprint density at radius 2 is 1.05 bits per heavy atom. The Balaban J connectivity index is 1.41. The van der Waals surface area contributed by atoms with E-state index in [1.807, 2.05) is 22.6 Å². The smallest absolute Gasteiger partial charge is 0.355 e. The monoisotopic (exact) mass is 1060 g/mol. The molecule has 0 fully saturated rings. The van der Waals surface area contributed by atoms with E-state index in [9.17, 15) is 19.5 Å². The summed E-state index contributed by atoms with van der Waals surface area (Å²) in [5, 5.41) is 21.1. The molecule has 5 amide bonds. The van der Waals surface area contributed by atoms with Crippen LogP contribution in [0.3, 0.4) is 0 Å². The Kier molecular flexibility index (Phi) is 12.7. The van der Waals surface area contributed by atoms with Crippen LogP contribution < -0.4 is 16.0 Å². The summed E-state index contributed by atoms with van der Waals surface area (Å²) < 4.78 is 0.621. The SMILES string of the molecule is O=C1Nc2ccc(I)cc2C(=O)N(C(C(=O)NC(C(=O)O)(c2ccc(Cl)cc2)N2C(=O)c3cc(Cl)ccc3NC(=O)C2c2ccc(Cl)cc2)c2ccc(Cl)cc2)C1c1ccc(Cl)cc1. The molecule has 0 spiro atoms. The maximum atomic E-state index is 15.9. The Hall–Kier alpha value is -5.68. The molecule has 64 heavy (non-hydrogen) atoms. The second kappa shape index (κ2) is 18.1. The van der Waals surface area contributed by atoms with Crippen molar-refractivity contribution in [1.82, 2.24) is 15.1 Å². The second-order valence-electron chi connectivity index (χ2n) is 14.6. The summed E-state index contributed by atoms with van der Waals surface area (Å²) in [4.78, 5) is 92.2. The minimum absolute atomic E-state index is 0.00176. The average molecular weight is 1070 g/mol. The molecule has 12 nitrogen and oxygen atoms in total. The van der Waals surface area contributed by atoms with E-state index >= 15 is 14.4 Å². The third-order valence-corrected chi connectivity index (χ3v) is 12.7. The van der Waals surface area contributed by atoms with Crippen molar-refractivity contribution in [2.75, 3.05) is 10.6 Å². The van der Waals surface area contributed by atoms with Crippen molar-refractivity contribution >= 4 is 127 Å². The number of hydrogen-bond donors (Lipinski definition) is 4. The first-order valence-corrected chi connectivity index (χ1v) is 22.0. The molecular formula is C46H29Cl5IN5O7. The number of hydrogen-bond acceptors (Lipinski definition) is 6. The fourth-order valence-electron chi connectivity index (χ4n) is 7.84. The van der Waals surface area contributed by atoms with Crippen LogP contribution in [-0.2, 0) is 24.8 Å². The largest absolute Gasteiger partial charge is 0.478 e. The van der Waals surface area contributed by atoms with Crippen molar-refractivity contribution < 1.29 is 33.9 Å². The third kappa shape index (κ3) is 8.39. The fourth-order valence-corrected chi connectivity index (χ4v) is 9.01. The minimum Gasteiger partial charge on any atom is -0.478 e. The van der Waals surface area contributed by atoms with Crippen LogP contribution in [0, 0.1) is 3.57 Å². The Morgan fingerprint density at radius 1 is 0.594 bits per heavy atom. The summed E-state index contributed by atoms with van der Waals surface area (Å²) >= 11 is 33.7. The molecule has 0 saturated carbocycles.